The van der Waals surface area contributed by atoms with Crippen molar-refractivity contribution < 1.29 is 13.5 Å². The molecule has 1 rings (SSSR count). The van der Waals surface area contributed by atoms with Crippen LogP contribution in [-0.2, 0) is 10.0 Å². The summed E-state index contributed by atoms with van der Waals surface area (Å²) in [4.78, 5) is 2.42. The molecule has 0 aliphatic heterocycles. The van der Waals surface area contributed by atoms with Crippen molar-refractivity contribution in [3.05, 3.63) is 24.3 Å². The maximum atomic E-state index is 11.9. The van der Waals surface area contributed by atoms with Crippen LogP contribution in [0.2, 0.25) is 0 Å². The van der Waals surface area contributed by atoms with E-state index in [-0.39, 0.29) is 10.6 Å². The number of phenolic OH excluding ortho intramolecular Hbond substituents is 1. The second-order valence-corrected chi connectivity index (χ2v) is 6.04. The van der Waals surface area contributed by atoms with Gasteiger partial charge in [-0.15, -0.1) is 0 Å². The molecule has 0 aliphatic carbocycles. The van der Waals surface area contributed by atoms with Gasteiger partial charge in [0.25, 0.3) is 0 Å². The summed E-state index contributed by atoms with van der Waals surface area (Å²) < 4.78 is 26.4. The van der Waals surface area contributed by atoms with Crippen LogP contribution in [0.25, 0.3) is 0 Å². The van der Waals surface area contributed by atoms with E-state index in [2.05, 4.69) is 23.5 Å². The van der Waals surface area contributed by atoms with Crippen LogP contribution in [0.15, 0.2) is 29.2 Å². The molecular formula is C13H22N2O3S. The fraction of sp³-hybridized carbons (Fsp3) is 0.538. The van der Waals surface area contributed by atoms with E-state index in [4.69, 9.17) is 5.11 Å². The van der Waals surface area contributed by atoms with Crippen LogP contribution < -0.4 is 4.72 Å². The Hall–Kier alpha value is -1.11. The van der Waals surface area contributed by atoms with E-state index in [0.717, 1.165) is 26.1 Å². The summed E-state index contributed by atoms with van der Waals surface area (Å²) in [5.41, 5.74) is 0. The predicted octanol–water partition coefficient (Wildman–Crippen LogP) is 1.40. The molecule has 0 atom stereocenters. The standard InChI is InChI=1S/C13H22N2O3S/c1-3-15(4-2)11-5-10-14-19(17,18)13-8-6-12(16)7-9-13/h6-9,14,16H,3-5,10-11H2,1-2H3. The van der Waals surface area contributed by atoms with Gasteiger partial charge in [-0.25, -0.2) is 13.1 Å². The maximum Gasteiger partial charge on any atom is 0.240 e. The van der Waals surface area contributed by atoms with Crippen molar-refractivity contribution in [2.24, 2.45) is 0 Å². The fourth-order valence-corrected chi connectivity index (χ4v) is 2.83. The zero-order valence-electron chi connectivity index (χ0n) is 11.5. The molecule has 108 valence electrons. The second kappa shape index (κ2) is 7.47. The van der Waals surface area contributed by atoms with Crippen LogP contribution in [0.3, 0.4) is 0 Å². The van der Waals surface area contributed by atoms with Crippen LogP contribution in [0.5, 0.6) is 5.75 Å². The number of hydrogen-bond donors (Lipinski definition) is 2. The number of nitrogens with one attached hydrogen (secondary N) is 1. The first kappa shape index (κ1) is 15.9. The molecule has 0 radical (unpaired) electrons. The van der Waals surface area contributed by atoms with Gasteiger partial charge in [-0.3, -0.25) is 0 Å². The molecule has 0 unspecified atom stereocenters. The summed E-state index contributed by atoms with van der Waals surface area (Å²) in [7, 11) is -3.47. The minimum atomic E-state index is -3.47. The minimum absolute atomic E-state index is 0.0560. The zero-order chi connectivity index (χ0) is 14.3. The third-order valence-corrected chi connectivity index (χ3v) is 4.46. The van der Waals surface area contributed by atoms with Gasteiger partial charge in [0.15, 0.2) is 0 Å². The lowest BCUT2D eigenvalue weighted by molar-refractivity contribution is 0.300. The number of nitrogens with zero attached hydrogens (tertiary/aromatic N) is 1. The fourth-order valence-electron chi connectivity index (χ4n) is 1.76. The molecule has 6 heteroatoms. The highest BCUT2D eigenvalue weighted by Gasteiger charge is 2.12. The highest BCUT2D eigenvalue weighted by atomic mass is 32.2. The van der Waals surface area contributed by atoms with Gasteiger partial charge in [-0.1, -0.05) is 13.8 Å². The van der Waals surface area contributed by atoms with Gasteiger partial charge < -0.3 is 10.0 Å². The Labute approximate surface area is 115 Å². The normalized spacial score (nSPS) is 11.9. The van der Waals surface area contributed by atoms with Crippen molar-refractivity contribution in [1.29, 1.82) is 0 Å². The highest BCUT2D eigenvalue weighted by Crippen LogP contribution is 2.13. The maximum absolute atomic E-state index is 11.9. The van der Waals surface area contributed by atoms with Crippen molar-refractivity contribution in [3.8, 4) is 5.75 Å². The van der Waals surface area contributed by atoms with E-state index in [1.54, 1.807) is 0 Å². The van der Waals surface area contributed by atoms with Gasteiger partial charge in [0, 0.05) is 6.54 Å². The van der Waals surface area contributed by atoms with Crippen molar-refractivity contribution in [2.75, 3.05) is 26.2 Å². The molecule has 0 bridgehead atoms. The van der Waals surface area contributed by atoms with Crippen molar-refractivity contribution in [3.63, 3.8) is 0 Å². The van der Waals surface area contributed by atoms with Gasteiger partial charge in [0.1, 0.15) is 5.75 Å². The molecule has 0 amide bonds. The lowest BCUT2D eigenvalue weighted by Crippen LogP contribution is -2.29. The molecule has 1 aromatic rings. The van der Waals surface area contributed by atoms with Gasteiger partial charge in [-0.05, 0) is 50.3 Å². The van der Waals surface area contributed by atoms with Gasteiger partial charge in [0.05, 0.1) is 4.90 Å². The van der Waals surface area contributed by atoms with Crippen LogP contribution in [-0.4, -0.2) is 44.6 Å². The summed E-state index contributed by atoms with van der Waals surface area (Å²) in [6, 6.07) is 5.51. The van der Waals surface area contributed by atoms with Gasteiger partial charge in [-0.2, -0.15) is 0 Å². The largest absolute Gasteiger partial charge is 0.508 e. The topological polar surface area (TPSA) is 69.6 Å². The summed E-state index contributed by atoms with van der Waals surface area (Å²) >= 11 is 0. The number of aromatic hydroxyl groups is 1. The lowest BCUT2D eigenvalue weighted by Gasteiger charge is -2.17. The number of benzene rings is 1. The first-order chi connectivity index (χ1) is 8.99. The Morgan fingerprint density at radius 1 is 1.16 bits per heavy atom. The molecule has 0 saturated carbocycles. The van der Waals surface area contributed by atoms with Gasteiger partial charge in [0.2, 0.25) is 10.0 Å². The van der Waals surface area contributed by atoms with Gasteiger partial charge >= 0.3 is 0 Å². The average Bonchev–Trinajstić information content (AvgIpc) is 2.39. The van der Waals surface area contributed by atoms with E-state index < -0.39 is 10.0 Å². The second-order valence-electron chi connectivity index (χ2n) is 4.27. The monoisotopic (exact) mass is 286 g/mol. The van der Waals surface area contributed by atoms with Crippen LogP contribution in [0, 0.1) is 0 Å². The molecular weight excluding hydrogens is 264 g/mol. The molecule has 0 saturated heterocycles. The third-order valence-electron chi connectivity index (χ3n) is 2.98. The lowest BCUT2D eigenvalue weighted by atomic mass is 10.3. The first-order valence-corrected chi connectivity index (χ1v) is 7.99. The van der Waals surface area contributed by atoms with Crippen molar-refractivity contribution >= 4 is 10.0 Å². The number of hydrogen-bond acceptors (Lipinski definition) is 4. The summed E-state index contributed by atoms with van der Waals surface area (Å²) in [5.74, 6) is 0.0560. The Morgan fingerprint density at radius 3 is 2.26 bits per heavy atom. The SMILES string of the molecule is CCN(CC)CCCNS(=O)(=O)c1ccc(O)cc1. The number of sulfonamides is 1. The van der Waals surface area contributed by atoms with Crippen molar-refractivity contribution in [2.45, 2.75) is 25.2 Å². The third kappa shape index (κ3) is 5.18. The van der Waals surface area contributed by atoms with E-state index in [0.29, 0.717) is 6.54 Å². The molecule has 5 nitrogen and oxygen atoms in total. The van der Waals surface area contributed by atoms with E-state index in [9.17, 15) is 8.42 Å². The smallest absolute Gasteiger partial charge is 0.240 e. The molecule has 19 heavy (non-hydrogen) atoms. The number of rotatable bonds is 8. The predicted molar refractivity (Wildman–Crippen MR) is 75.7 cm³/mol. The molecule has 2 N–H and O–H groups in total. The Balaban J connectivity index is 2.45. The summed E-state index contributed by atoms with van der Waals surface area (Å²) in [5, 5.41) is 9.13. The Morgan fingerprint density at radius 2 is 1.74 bits per heavy atom. The first-order valence-electron chi connectivity index (χ1n) is 6.50. The molecule has 0 heterocycles. The molecule has 0 aliphatic rings. The van der Waals surface area contributed by atoms with E-state index >= 15 is 0 Å². The minimum Gasteiger partial charge on any atom is -0.508 e. The van der Waals surface area contributed by atoms with E-state index in [1.165, 1.54) is 24.3 Å². The Bertz CT molecular complexity index is 467. The van der Waals surface area contributed by atoms with Crippen LogP contribution in [0.1, 0.15) is 20.3 Å². The summed E-state index contributed by atoms with van der Waals surface area (Å²) in [6.45, 7) is 7.42. The quantitative estimate of drug-likeness (QED) is 0.709. The Kier molecular flexibility index (Phi) is 6.27. The highest BCUT2D eigenvalue weighted by molar-refractivity contribution is 7.89. The number of phenols is 1. The summed E-state index contributed by atoms with van der Waals surface area (Å²) in [6.07, 6.45) is 0.777. The van der Waals surface area contributed by atoms with Crippen molar-refractivity contribution in [1.82, 2.24) is 9.62 Å². The van der Waals surface area contributed by atoms with E-state index in [1.807, 2.05) is 0 Å². The van der Waals surface area contributed by atoms with Crippen LogP contribution >= 0.6 is 0 Å². The molecule has 1 aromatic carbocycles. The molecule has 0 aromatic heterocycles. The molecule has 0 fully saturated rings. The molecule has 0 spiro atoms. The van der Waals surface area contributed by atoms with Crippen LogP contribution in [0.4, 0.5) is 0 Å². The average molecular weight is 286 g/mol. The zero-order valence-corrected chi connectivity index (χ0v) is 12.3.